The van der Waals surface area contributed by atoms with Gasteiger partial charge in [0.2, 0.25) is 5.91 Å². The van der Waals surface area contributed by atoms with Gasteiger partial charge in [0.05, 0.1) is 0 Å². The molecule has 0 aromatic rings. The van der Waals surface area contributed by atoms with Crippen LogP contribution in [0.1, 0.15) is 57.8 Å². The van der Waals surface area contributed by atoms with Crippen LogP contribution in [0.3, 0.4) is 0 Å². The van der Waals surface area contributed by atoms with Crippen molar-refractivity contribution in [2.24, 2.45) is 23.5 Å². The van der Waals surface area contributed by atoms with E-state index in [9.17, 15) is 9.59 Å². The number of hydrogen-bond donors (Lipinski definition) is 3. The zero-order valence-corrected chi connectivity index (χ0v) is 15.1. The van der Waals surface area contributed by atoms with E-state index in [0.717, 1.165) is 56.4 Å². The first-order valence-electron chi connectivity index (χ1n) is 10.1. The fraction of sp³-hybridized carbons (Fsp3) is 0.895. The highest BCUT2D eigenvalue weighted by atomic mass is 16.2. The summed E-state index contributed by atoms with van der Waals surface area (Å²) in [6.45, 7) is 1.75. The molecule has 4 aliphatic carbocycles. The SMILES string of the molecule is NCC1CCCN1C(=O)CCNC(=O)NC12CC3CC(CC(C3)C1)C2. The van der Waals surface area contributed by atoms with Gasteiger partial charge in [0.1, 0.15) is 0 Å². The fourth-order valence-corrected chi connectivity index (χ4v) is 6.38. The van der Waals surface area contributed by atoms with Crippen molar-refractivity contribution in [2.45, 2.75) is 69.4 Å². The van der Waals surface area contributed by atoms with Crippen LogP contribution in [-0.4, -0.2) is 48.1 Å². The molecular weight excluding hydrogens is 316 g/mol. The number of nitrogens with two attached hydrogens (primary N) is 1. The molecule has 1 unspecified atom stereocenters. The first-order chi connectivity index (χ1) is 12.1. The lowest BCUT2D eigenvalue weighted by molar-refractivity contribution is -0.131. The number of rotatable bonds is 5. The van der Waals surface area contributed by atoms with Gasteiger partial charge in [-0.2, -0.15) is 0 Å². The summed E-state index contributed by atoms with van der Waals surface area (Å²) in [4.78, 5) is 26.6. The summed E-state index contributed by atoms with van der Waals surface area (Å²) in [7, 11) is 0. The topological polar surface area (TPSA) is 87.5 Å². The zero-order chi connectivity index (χ0) is 17.4. The van der Waals surface area contributed by atoms with Gasteiger partial charge >= 0.3 is 6.03 Å². The Morgan fingerprint density at radius 2 is 1.72 bits per heavy atom. The largest absolute Gasteiger partial charge is 0.338 e. The van der Waals surface area contributed by atoms with Gasteiger partial charge in [-0.05, 0) is 69.1 Å². The monoisotopic (exact) mass is 348 g/mol. The lowest BCUT2D eigenvalue weighted by Gasteiger charge is -2.56. The van der Waals surface area contributed by atoms with Crippen molar-refractivity contribution in [3.05, 3.63) is 0 Å². The maximum absolute atomic E-state index is 12.4. The number of urea groups is 1. The van der Waals surface area contributed by atoms with E-state index in [2.05, 4.69) is 10.6 Å². The zero-order valence-electron chi connectivity index (χ0n) is 15.1. The Labute approximate surface area is 150 Å². The van der Waals surface area contributed by atoms with Crippen molar-refractivity contribution >= 4 is 11.9 Å². The van der Waals surface area contributed by atoms with Gasteiger partial charge in [-0.15, -0.1) is 0 Å². The van der Waals surface area contributed by atoms with Gasteiger partial charge < -0.3 is 21.3 Å². The molecule has 0 radical (unpaired) electrons. The lowest BCUT2D eigenvalue weighted by Crippen LogP contribution is -2.61. The van der Waals surface area contributed by atoms with Gasteiger partial charge in [-0.1, -0.05) is 0 Å². The molecule has 0 spiro atoms. The Hall–Kier alpha value is -1.30. The third-order valence-electron chi connectivity index (χ3n) is 7.01. The van der Waals surface area contributed by atoms with E-state index in [1.54, 1.807) is 0 Å². The maximum Gasteiger partial charge on any atom is 0.315 e. The van der Waals surface area contributed by atoms with E-state index in [4.69, 9.17) is 5.73 Å². The predicted octanol–water partition coefficient (Wildman–Crippen LogP) is 1.59. The Morgan fingerprint density at radius 1 is 1.08 bits per heavy atom. The van der Waals surface area contributed by atoms with E-state index in [-0.39, 0.29) is 23.5 Å². The van der Waals surface area contributed by atoms with Crippen molar-refractivity contribution in [1.29, 1.82) is 0 Å². The highest BCUT2D eigenvalue weighted by Gasteiger charge is 2.51. The van der Waals surface area contributed by atoms with Gasteiger partial charge in [0, 0.05) is 37.6 Å². The second kappa shape index (κ2) is 6.78. The third kappa shape index (κ3) is 3.50. The Bertz CT molecular complexity index is 500. The van der Waals surface area contributed by atoms with Gasteiger partial charge in [-0.25, -0.2) is 4.79 Å². The molecule has 5 aliphatic rings. The minimum Gasteiger partial charge on any atom is -0.338 e. The smallest absolute Gasteiger partial charge is 0.315 e. The summed E-state index contributed by atoms with van der Waals surface area (Å²) < 4.78 is 0. The fourth-order valence-electron chi connectivity index (χ4n) is 6.38. The molecule has 0 aromatic heterocycles. The Balaban J connectivity index is 1.23. The molecular formula is C19H32N4O2. The number of carbonyl (C=O) groups excluding carboxylic acids is 2. The molecule has 3 amide bonds. The van der Waals surface area contributed by atoms with Gasteiger partial charge in [-0.3, -0.25) is 4.79 Å². The van der Waals surface area contributed by atoms with Gasteiger partial charge in [0.25, 0.3) is 0 Å². The Kier molecular flexibility index (Phi) is 4.65. The summed E-state index contributed by atoms with van der Waals surface area (Å²) in [5.41, 5.74) is 5.76. The molecule has 5 fully saturated rings. The van der Waals surface area contributed by atoms with Crippen LogP contribution in [0.4, 0.5) is 4.79 Å². The van der Waals surface area contributed by atoms with Crippen LogP contribution in [0.5, 0.6) is 0 Å². The molecule has 5 rings (SSSR count). The number of nitrogens with zero attached hydrogens (tertiary/aromatic N) is 1. The lowest BCUT2D eigenvalue weighted by atomic mass is 9.53. The average Bonchev–Trinajstić information content (AvgIpc) is 3.01. The van der Waals surface area contributed by atoms with E-state index in [0.29, 0.717) is 19.5 Å². The number of nitrogens with one attached hydrogen (secondary N) is 2. The highest BCUT2D eigenvalue weighted by molar-refractivity contribution is 5.79. The third-order valence-corrected chi connectivity index (χ3v) is 7.01. The van der Waals surface area contributed by atoms with Crippen LogP contribution >= 0.6 is 0 Å². The average molecular weight is 348 g/mol. The van der Waals surface area contributed by atoms with Crippen LogP contribution in [0.2, 0.25) is 0 Å². The van der Waals surface area contributed by atoms with Crippen molar-refractivity contribution in [2.75, 3.05) is 19.6 Å². The molecule has 4 N–H and O–H groups in total. The van der Waals surface area contributed by atoms with Crippen LogP contribution in [0, 0.1) is 17.8 Å². The summed E-state index contributed by atoms with van der Waals surface area (Å²) in [6, 6.07) is 0.0971. The molecule has 4 bridgehead atoms. The molecule has 4 saturated carbocycles. The second-order valence-corrected chi connectivity index (χ2v) is 8.95. The van der Waals surface area contributed by atoms with Crippen molar-refractivity contribution in [3.63, 3.8) is 0 Å². The normalized spacial score (nSPS) is 38.8. The van der Waals surface area contributed by atoms with E-state index in [1.807, 2.05) is 4.90 Å². The number of carbonyl (C=O) groups is 2. The molecule has 25 heavy (non-hydrogen) atoms. The van der Waals surface area contributed by atoms with Gasteiger partial charge in [0.15, 0.2) is 0 Å². The van der Waals surface area contributed by atoms with Crippen LogP contribution in [-0.2, 0) is 4.79 Å². The summed E-state index contributed by atoms with van der Waals surface area (Å²) in [5, 5.41) is 6.21. The van der Waals surface area contributed by atoms with Crippen molar-refractivity contribution < 1.29 is 9.59 Å². The van der Waals surface area contributed by atoms with E-state index in [1.165, 1.54) is 19.3 Å². The second-order valence-electron chi connectivity index (χ2n) is 8.95. The maximum atomic E-state index is 12.4. The summed E-state index contributed by atoms with van der Waals surface area (Å²) in [6.07, 6.45) is 9.96. The molecule has 6 heteroatoms. The van der Waals surface area contributed by atoms with E-state index >= 15 is 0 Å². The minimum atomic E-state index is -0.0912. The summed E-state index contributed by atoms with van der Waals surface area (Å²) >= 11 is 0. The van der Waals surface area contributed by atoms with Crippen LogP contribution in [0.15, 0.2) is 0 Å². The number of likely N-dealkylation sites (tertiary alicyclic amines) is 1. The first kappa shape index (κ1) is 17.1. The standard InChI is InChI=1S/C19H32N4O2/c20-12-16-2-1-5-23(16)17(24)3-4-21-18(25)22-19-9-13-6-14(10-19)8-15(7-13)11-19/h13-16H,1-12,20H2,(H2,21,22,25). The Morgan fingerprint density at radius 3 is 2.32 bits per heavy atom. The number of amides is 3. The predicted molar refractivity (Wildman–Crippen MR) is 95.8 cm³/mol. The molecule has 1 heterocycles. The highest BCUT2D eigenvalue weighted by Crippen LogP contribution is 2.55. The van der Waals surface area contributed by atoms with Crippen molar-refractivity contribution in [3.8, 4) is 0 Å². The quantitative estimate of drug-likeness (QED) is 0.705. The molecule has 1 atom stereocenters. The van der Waals surface area contributed by atoms with Crippen molar-refractivity contribution in [1.82, 2.24) is 15.5 Å². The van der Waals surface area contributed by atoms with Crippen LogP contribution < -0.4 is 16.4 Å². The first-order valence-corrected chi connectivity index (χ1v) is 10.1. The number of hydrogen-bond acceptors (Lipinski definition) is 3. The molecule has 1 aliphatic heterocycles. The molecule has 140 valence electrons. The molecule has 0 aromatic carbocycles. The van der Waals surface area contributed by atoms with E-state index < -0.39 is 0 Å². The molecule has 1 saturated heterocycles. The molecule has 6 nitrogen and oxygen atoms in total. The summed E-state index contributed by atoms with van der Waals surface area (Å²) in [5.74, 6) is 2.56. The minimum absolute atomic E-state index is 0.0302. The van der Waals surface area contributed by atoms with Crippen LogP contribution in [0.25, 0.3) is 0 Å².